The molecule has 258 valence electrons. The molecule has 0 aliphatic rings. The smallest absolute Gasteiger partial charge is 0.0690 e. The highest BCUT2D eigenvalue weighted by Crippen LogP contribution is 2.46. The topological polar surface area (TPSA) is 23.9 Å². The molecule has 0 aliphatic carbocycles. The van der Waals surface area contributed by atoms with Crippen molar-refractivity contribution >= 4 is 55.8 Å². The first-order valence-corrected chi connectivity index (χ1v) is 18.4. The van der Waals surface area contributed by atoms with Gasteiger partial charge >= 0.3 is 0 Å². The van der Waals surface area contributed by atoms with Crippen LogP contribution in [-0.2, 0) is 0 Å². The highest BCUT2D eigenvalue weighted by atomic mass is 14.4. The molecule has 0 amide bonds. The Bertz CT molecular complexity index is 2790. The van der Waals surface area contributed by atoms with E-state index >= 15 is 0 Å². The lowest BCUT2D eigenvalue weighted by Crippen LogP contribution is -2.04. The Hall–Kier alpha value is -6.83. The molecule has 0 fully saturated rings. The zero-order valence-electron chi connectivity index (χ0n) is 30.8. The van der Waals surface area contributed by atoms with Gasteiger partial charge in [-0.1, -0.05) is 189 Å². The second-order valence-corrected chi connectivity index (χ2v) is 13.9. The number of benzene rings is 8. The maximum Gasteiger partial charge on any atom is 0.0690 e. The SMILES string of the molecule is C=C/C=C(\C(=N)c1ccc(C=C)c(C=C)c1)c1ccc(-c2c3ccccc3c(-c3ccc(-c4ccc(C)cc4C)c4ccccc34)c3ccccc23)cc1. The third kappa shape index (κ3) is 5.90. The molecule has 0 aromatic heterocycles. The van der Waals surface area contributed by atoms with Gasteiger partial charge in [-0.05, 0) is 108 Å². The van der Waals surface area contributed by atoms with Crippen LogP contribution in [0.3, 0.4) is 0 Å². The van der Waals surface area contributed by atoms with Gasteiger partial charge in [-0.3, -0.25) is 5.41 Å². The molecule has 0 saturated carbocycles. The van der Waals surface area contributed by atoms with Crippen LogP contribution in [0.1, 0.15) is 33.4 Å². The van der Waals surface area contributed by atoms with Crippen molar-refractivity contribution in [3.05, 3.63) is 211 Å². The van der Waals surface area contributed by atoms with E-state index in [1.807, 2.05) is 36.4 Å². The average molecular weight is 692 g/mol. The molecular weight excluding hydrogens is 651 g/mol. The van der Waals surface area contributed by atoms with Crippen molar-refractivity contribution < 1.29 is 0 Å². The molecule has 8 aromatic carbocycles. The lowest BCUT2D eigenvalue weighted by atomic mass is 9.83. The standard InChI is InChI=1S/C53H41N/c1-6-15-42(53(54)40-28-23-36(7-2)37(8-3)33-40)38-24-26-39(27-25-38)51-46-18-11-13-20-48(46)52(49-21-14-12-19-47(49)51)50-31-30-45(43-16-9-10-17-44(43)50)41-29-22-34(4)32-35(41)5/h6-33,54H,1-3H2,4-5H3/b42-15-,54-53?. The molecule has 54 heavy (non-hydrogen) atoms. The lowest BCUT2D eigenvalue weighted by Gasteiger charge is -2.20. The average Bonchev–Trinajstić information content (AvgIpc) is 3.21. The molecule has 8 aromatic rings. The van der Waals surface area contributed by atoms with Crippen LogP contribution in [0.4, 0.5) is 0 Å². The fourth-order valence-electron chi connectivity index (χ4n) is 8.10. The Morgan fingerprint density at radius 3 is 1.57 bits per heavy atom. The van der Waals surface area contributed by atoms with Crippen molar-refractivity contribution in [3.63, 3.8) is 0 Å². The van der Waals surface area contributed by atoms with E-state index in [1.165, 1.54) is 71.3 Å². The summed E-state index contributed by atoms with van der Waals surface area (Å²) in [5.41, 5.74) is 14.8. The van der Waals surface area contributed by atoms with Crippen molar-refractivity contribution in [2.24, 2.45) is 0 Å². The molecule has 8 rings (SSSR count). The highest BCUT2D eigenvalue weighted by Gasteiger charge is 2.20. The van der Waals surface area contributed by atoms with Crippen LogP contribution in [0, 0.1) is 19.3 Å². The van der Waals surface area contributed by atoms with Gasteiger partial charge in [0.2, 0.25) is 0 Å². The Kier molecular flexibility index (Phi) is 9.07. The van der Waals surface area contributed by atoms with E-state index in [-0.39, 0.29) is 0 Å². The monoisotopic (exact) mass is 691 g/mol. The fourth-order valence-corrected chi connectivity index (χ4v) is 8.10. The summed E-state index contributed by atoms with van der Waals surface area (Å²) in [6.07, 6.45) is 7.29. The van der Waals surface area contributed by atoms with Gasteiger partial charge in [0.15, 0.2) is 0 Å². The molecule has 0 unspecified atom stereocenters. The first kappa shape index (κ1) is 34.3. The van der Waals surface area contributed by atoms with Crippen LogP contribution in [0.5, 0.6) is 0 Å². The minimum Gasteiger partial charge on any atom is -0.300 e. The number of fused-ring (bicyclic) bond motifs is 3. The molecule has 0 spiro atoms. The summed E-state index contributed by atoms with van der Waals surface area (Å²) in [6, 6.07) is 52.4. The molecule has 0 saturated heterocycles. The molecule has 0 aliphatic heterocycles. The fraction of sp³-hybridized carbons (Fsp3) is 0.0377. The van der Waals surface area contributed by atoms with Gasteiger partial charge in [0.1, 0.15) is 0 Å². The van der Waals surface area contributed by atoms with Crippen molar-refractivity contribution in [3.8, 4) is 33.4 Å². The van der Waals surface area contributed by atoms with E-state index in [1.54, 1.807) is 6.08 Å². The Labute approximate surface area is 318 Å². The largest absolute Gasteiger partial charge is 0.300 e. The quantitative estimate of drug-likeness (QED) is 0.0885. The summed E-state index contributed by atoms with van der Waals surface area (Å²) in [4.78, 5) is 0. The molecule has 1 heteroatoms. The van der Waals surface area contributed by atoms with Crippen molar-refractivity contribution in [1.29, 1.82) is 5.41 Å². The number of allylic oxidation sites excluding steroid dienone is 3. The van der Waals surface area contributed by atoms with Crippen LogP contribution >= 0.6 is 0 Å². The lowest BCUT2D eigenvalue weighted by molar-refractivity contribution is 1.39. The molecule has 1 nitrogen and oxygen atoms in total. The molecule has 0 bridgehead atoms. The number of aryl methyl sites for hydroxylation is 2. The minimum atomic E-state index is 0.428. The zero-order chi connectivity index (χ0) is 37.3. The maximum absolute atomic E-state index is 9.23. The Morgan fingerprint density at radius 2 is 1.00 bits per heavy atom. The van der Waals surface area contributed by atoms with E-state index in [0.29, 0.717) is 5.71 Å². The summed E-state index contributed by atoms with van der Waals surface area (Å²) in [5, 5.41) is 16.6. The van der Waals surface area contributed by atoms with Gasteiger partial charge in [-0.2, -0.15) is 0 Å². The van der Waals surface area contributed by atoms with Gasteiger partial charge in [-0.15, -0.1) is 0 Å². The minimum absolute atomic E-state index is 0.428. The predicted octanol–water partition coefficient (Wildman–Crippen LogP) is 14.7. The summed E-state index contributed by atoms with van der Waals surface area (Å²) in [6.45, 7) is 16.2. The van der Waals surface area contributed by atoms with Gasteiger partial charge in [0.05, 0.1) is 5.71 Å². The molecule has 0 heterocycles. The summed E-state index contributed by atoms with van der Waals surface area (Å²) in [5.74, 6) is 0. The summed E-state index contributed by atoms with van der Waals surface area (Å²) in [7, 11) is 0. The molecule has 0 atom stereocenters. The van der Waals surface area contributed by atoms with Crippen LogP contribution in [0.15, 0.2) is 177 Å². The maximum atomic E-state index is 9.23. The van der Waals surface area contributed by atoms with Crippen LogP contribution in [0.2, 0.25) is 0 Å². The van der Waals surface area contributed by atoms with Crippen LogP contribution in [0.25, 0.3) is 83.4 Å². The zero-order valence-corrected chi connectivity index (χ0v) is 30.8. The highest BCUT2D eigenvalue weighted by molar-refractivity contribution is 6.31. The summed E-state index contributed by atoms with van der Waals surface area (Å²) >= 11 is 0. The Balaban J connectivity index is 1.29. The second-order valence-electron chi connectivity index (χ2n) is 13.9. The van der Waals surface area contributed by atoms with E-state index in [0.717, 1.165) is 33.4 Å². The normalized spacial score (nSPS) is 11.6. The molecule has 1 N–H and O–H groups in total. The van der Waals surface area contributed by atoms with Crippen molar-refractivity contribution in [2.45, 2.75) is 13.8 Å². The summed E-state index contributed by atoms with van der Waals surface area (Å²) < 4.78 is 0. The molecular formula is C53H41N. The second kappa shape index (κ2) is 14.3. The van der Waals surface area contributed by atoms with Gasteiger partial charge in [-0.25, -0.2) is 0 Å². The number of rotatable bonds is 9. The number of hydrogen-bond acceptors (Lipinski definition) is 1. The third-order valence-electron chi connectivity index (χ3n) is 10.7. The van der Waals surface area contributed by atoms with Gasteiger partial charge in [0, 0.05) is 11.1 Å². The van der Waals surface area contributed by atoms with Crippen molar-refractivity contribution in [2.75, 3.05) is 0 Å². The van der Waals surface area contributed by atoms with Gasteiger partial charge in [0.25, 0.3) is 0 Å². The first-order valence-electron chi connectivity index (χ1n) is 18.4. The number of nitrogens with one attached hydrogen (secondary N) is 1. The first-order chi connectivity index (χ1) is 26.4. The Morgan fingerprint density at radius 1 is 0.481 bits per heavy atom. The van der Waals surface area contributed by atoms with E-state index in [9.17, 15) is 5.41 Å². The number of hydrogen-bond donors (Lipinski definition) is 1. The van der Waals surface area contributed by atoms with Crippen LogP contribution < -0.4 is 0 Å². The van der Waals surface area contributed by atoms with E-state index in [4.69, 9.17) is 0 Å². The molecule has 0 radical (unpaired) electrons. The predicted molar refractivity (Wildman–Crippen MR) is 236 cm³/mol. The third-order valence-corrected chi connectivity index (χ3v) is 10.7. The van der Waals surface area contributed by atoms with Gasteiger partial charge < -0.3 is 0 Å². The van der Waals surface area contributed by atoms with Crippen molar-refractivity contribution in [1.82, 2.24) is 0 Å². The van der Waals surface area contributed by atoms with Crippen LogP contribution in [-0.4, -0.2) is 5.71 Å². The van der Waals surface area contributed by atoms with E-state index in [2.05, 4.69) is 161 Å². The van der Waals surface area contributed by atoms with E-state index < -0.39 is 0 Å².